The smallest absolute Gasteiger partial charge is 0.328 e. The first kappa shape index (κ1) is 15.5. The lowest BCUT2D eigenvalue weighted by Gasteiger charge is -2.37. The van der Waals surface area contributed by atoms with Crippen LogP contribution in [0.4, 0.5) is 0 Å². The fraction of sp³-hybridized carbons (Fsp3) is 0.500. The fourth-order valence-corrected chi connectivity index (χ4v) is 3.04. The number of nitrogens with one attached hydrogen (secondary N) is 1. The summed E-state index contributed by atoms with van der Waals surface area (Å²) in [6.07, 6.45) is 4.39. The van der Waals surface area contributed by atoms with Crippen LogP contribution in [0.1, 0.15) is 37.7 Å². The Labute approximate surface area is 124 Å². The molecule has 5 nitrogen and oxygen atoms in total. The average molecular weight is 291 g/mol. The summed E-state index contributed by atoms with van der Waals surface area (Å²) < 4.78 is 0. The Hall–Kier alpha value is -1.88. The number of carbonyl (C=O) groups is 2. The van der Waals surface area contributed by atoms with E-state index in [4.69, 9.17) is 10.2 Å². The minimum absolute atomic E-state index is 0.296. The predicted molar refractivity (Wildman–Crippen MR) is 77.9 cm³/mol. The van der Waals surface area contributed by atoms with Crippen molar-refractivity contribution < 1.29 is 19.8 Å². The van der Waals surface area contributed by atoms with Crippen molar-refractivity contribution in [3.8, 4) is 0 Å². The molecule has 1 aliphatic carbocycles. The number of amides is 1. The van der Waals surface area contributed by atoms with Crippen LogP contribution in [-0.4, -0.2) is 34.7 Å². The zero-order chi connectivity index (χ0) is 15.3. The van der Waals surface area contributed by atoms with Crippen LogP contribution < -0.4 is 5.32 Å². The van der Waals surface area contributed by atoms with Gasteiger partial charge in [-0.2, -0.15) is 0 Å². The molecular formula is C16H21NO4. The number of benzene rings is 1. The number of rotatable bonds is 5. The van der Waals surface area contributed by atoms with Gasteiger partial charge in [0.25, 0.3) is 0 Å². The zero-order valence-electron chi connectivity index (χ0n) is 11.9. The van der Waals surface area contributed by atoms with E-state index in [9.17, 15) is 9.59 Å². The van der Waals surface area contributed by atoms with E-state index in [2.05, 4.69) is 5.32 Å². The molecule has 0 saturated heterocycles. The summed E-state index contributed by atoms with van der Waals surface area (Å²) in [5.74, 6) is -1.51. The van der Waals surface area contributed by atoms with Crippen molar-refractivity contribution in [2.45, 2.75) is 43.6 Å². The molecule has 1 unspecified atom stereocenters. The van der Waals surface area contributed by atoms with Crippen molar-refractivity contribution in [2.75, 3.05) is 6.61 Å². The molecule has 0 heterocycles. The van der Waals surface area contributed by atoms with E-state index >= 15 is 0 Å². The van der Waals surface area contributed by atoms with Crippen molar-refractivity contribution in [2.24, 2.45) is 0 Å². The van der Waals surface area contributed by atoms with Crippen LogP contribution in [0, 0.1) is 0 Å². The molecule has 0 aliphatic heterocycles. The Bertz CT molecular complexity index is 494. The van der Waals surface area contributed by atoms with Crippen LogP contribution in [0.15, 0.2) is 30.3 Å². The summed E-state index contributed by atoms with van der Waals surface area (Å²) in [7, 11) is 0. The largest absolute Gasteiger partial charge is 0.480 e. The number of aliphatic hydroxyl groups excluding tert-OH is 1. The van der Waals surface area contributed by atoms with Crippen LogP contribution in [0.2, 0.25) is 0 Å². The summed E-state index contributed by atoms with van der Waals surface area (Å²) in [4.78, 5) is 23.7. The molecule has 0 aromatic heterocycles. The van der Waals surface area contributed by atoms with Gasteiger partial charge in [-0.1, -0.05) is 49.6 Å². The van der Waals surface area contributed by atoms with Crippen LogP contribution in [0.5, 0.6) is 0 Å². The van der Waals surface area contributed by atoms with Crippen molar-refractivity contribution in [1.82, 2.24) is 5.32 Å². The third kappa shape index (κ3) is 3.24. The predicted octanol–water partition coefficient (Wildman–Crippen LogP) is 1.45. The maximum Gasteiger partial charge on any atom is 0.328 e. The van der Waals surface area contributed by atoms with Crippen LogP contribution in [0.3, 0.4) is 0 Å². The number of carboxylic acids is 1. The molecular weight excluding hydrogens is 270 g/mol. The molecule has 1 aliphatic rings. The van der Waals surface area contributed by atoms with E-state index in [0.29, 0.717) is 12.8 Å². The number of carbonyl (C=O) groups excluding carboxylic acids is 1. The second-order valence-corrected chi connectivity index (χ2v) is 5.56. The van der Waals surface area contributed by atoms with Crippen molar-refractivity contribution >= 4 is 11.9 Å². The minimum atomic E-state index is -1.25. The van der Waals surface area contributed by atoms with E-state index in [1.807, 2.05) is 30.3 Å². The van der Waals surface area contributed by atoms with Gasteiger partial charge in [-0.15, -0.1) is 0 Å². The van der Waals surface area contributed by atoms with Gasteiger partial charge >= 0.3 is 5.97 Å². The summed E-state index contributed by atoms with van der Waals surface area (Å²) in [6.45, 7) is -0.605. The highest BCUT2D eigenvalue weighted by atomic mass is 16.4. The topological polar surface area (TPSA) is 86.6 Å². The van der Waals surface area contributed by atoms with Gasteiger partial charge in [-0.25, -0.2) is 4.79 Å². The first-order chi connectivity index (χ1) is 10.1. The lowest BCUT2D eigenvalue weighted by atomic mass is 9.68. The van der Waals surface area contributed by atoms with Gasteiger partial charge in [0.15, 0.2) is 0 Å². The standard InChI is InChI=1S/C16H21NO4/c18-11-13(14(19)20)17-15(21)16(9-5-2-6-10-16)12-7-3-1-4-8-12/h1,3-4,7-8,13,18H,2,5-6,9-11H2,(H,17,21)(H,19,20). The summed E-state index contributed by atoms with van der Waals surface area (Å²) in [6, 6.07) is 8.25. The fourth-order valence-electron chi connectivity index (χ4n) is 3.04. The molecule has 2 rings (SSSR count). The number of carboxylic acid groups (broad SMARTS) is 1. The Morgan fingerprint density at radius 1 is 1.14 bits per heavy atom. The van der Waals surface area contributed by atoms with E-state index in [0.717, 1.165) is 24.8 Å². The SMILES string of the molecule is O=C(O)C(CO)NC(=O)C1(c2ccccc2)CCCCC1. The molecule has 21 heavy (non-hydrogen) atoms. The van der Waals surface area contributed by atoms with Crippen molar-refractivity contribution in [3.05, 3.63) is 35.9 Å². The molecule has 0 bridgehead atoms. The lowest BCUT2D eigenvalue weighted by Crippen LogP contribution is -2.52. The zero-order valence-corrected chi connectivity index (χ0v) is 11.9. The van der Waals surface area contributed by atoms with Gasteiger partial charge in [-0.3, -0.25) is 4.79 Å². The maximum atomic E-state index is 12.7. The van der Waals surface area contributed by atoms with Crippen LogP contribution >= 0.6 is 0 Å². The van der Waals surface area contributed by atoms with Gasteiger partial charge in [0.2, 0.25) is 5.91 Å². The van der Waals surface area contributed by atoms with Gasteiger partial charge in [0, 0.05) is 0 Å². The van der Waals surface area contributed by atoms with E-state index in [1.54, 1.807) is 0 Å². The Kier molecular flexibility index (Phi) is 4.96. The molecule has 1 saturated carbocycles. The minimum Gasteiger partial charge on any atom is -0.480 e. The van der Waals surface area contributed by atoms with E-state index < -0.39 is 24.0 Å². The molecule has 1 fully saturated rings. The molecule has 1 amide bonds. The quantitative estimate of drug-likeness (QED) is 0.766. The third-order valence-corrected chi connectivity index (χ3v) is 4.25. The second-order valence-electron chi connectivity index (χ2n) is 5.56. The normalized spacial score (nSPS) is 18.7. The summed E-state index contributed by atoms with van der Waals surface area (Å²) >= 11 is 0. The lowest BCUT2D eigenvalue weighted by molar-refractivity contribution is -0.144. The monoisotopic (exact) mass is 291 g/mol. The Morgan fingerprint density at radius 3 is 2.29 bits per heavy atom. The van der Waals surface area contributed by atoms with E-state index in [1.165, 1.54) is 0 Å². The first-order valence-electron chi connectivity index (χ1n) is 7.30. The molecule has 0 spiro atoms. The average Bonchev–Trinajstić information content (AvgIpc) is 2.53. The molecule has 1 aromatic carbocycles. The maximum absolute atomic E-state index is 12.7. The number of hydrogen-bond acceptors (Lipinski definition) is 3. The van der Waals surface area contributed by atoms with Gasteiger partial charge < -0.3 is 15.5 Å². The van der Waals surface area contributed by atoms with Crippen LogP contribution in [0.25, 0.3) is 0 Å². The van der Waals surface area contributed by atoms with Crippen molar-refractivity contribution in [1.29, 1.82) is 0 Å². The molecule has 3 N–H and O–H groups in total. The van der Waals surface area contributed by atoms with Gasteiger partial charge in [0.1, 0.15) is 6.04 Å². The third-order valence-electron chi connectivity index (χ3n) is 4.25. The molecule has 5 heteroatoms. The Morgan fingerprint density at radius 2 is 1.76 bits per heavy atom. The van der Waals surface area contributed by atoms with Crippen molar-refractivity contribution in [3.63, 3.8) is 0 Å². The number of hydrogen-bond donors (Lipinski definition) is 3. The molecule has 1 aromatic rings. The first-order valence-corrected chi connectivity index (χ1v) is 7.30. The summed E-state index contributed by atoms with van der Waals surface area (Å²) in [5.41, 5.74) is 0.242. The van der Waals surface area contributed by atoms with Gasteiger partial charge in [-0.05, 0) is 18.4 Å². The molecule has 0 radical (unpaired) electrons. The highest BCUT2D eigenvalue weighted by molar-refractivity contribution is 5.91. The molecule has 114 valence electrons. The van der Waals surface area contributed by atoms with Crippen LogP contribution in [-0.2, 0) is 15.0 Å². The Balaban J connectivity index is 2.28. The number of aliphatic hydroxyl groups is 1. The van der Waals surface area contributed by atoms with Gasteiger partial charge in [0.05, 0.1) is 12.0 Å². The molecule has 1 atom stereocenters. The summed E-state index contributed by atoms with van der Waals surface area (Å²) in [5, 5.41) is 20.6. The second kappa shape index (κ2) is 6.72. The van der Waals surface area contributed by atoms with E-state index in [-0.39, 0.29) is 5.91 Å². The number of aliphatic carboxylic acids is 1. The highest BCUT2D eigenvalue weighted by Gasteiger charge is 2.42. The highest BCUT2D eigenvalue weighted by Crippen LogP contribution is 2.39.